The highest BCUT2D eigenvalue weighted by atomic mass is 16.7. The fraction of sp³-hybridized carbons (Fsp3) is 0.400. The third kappa shape index (κ3) is 6.11. The molecule has 5 N–H and O–H groups in total. The highest BCUT2D eigenvalue weighted by Gasteiger charge is 2.45. The summed E-state index contributed by atoms with van der Waals surface area (Å²) >= 11 is 0. The van der Waals surface area contributed by atoms with E-state index in [1.54, 1.807) is 18.2 Å². The number of benzene rings is 1. The molecular formula is C20H23NO9. The number of aliphatic hydroxyl groups is 4. The Morgan fingerprint density at radius 3 is 2.50 bits per heavy atom. The van der Waals surface area contributed by atoms with Crippen molar-refractivity contribution < 1.29 is 44.5 Å². The van der Waals surface area contributed by atoms with Gasteiger partial charge in [-0.05, 0) is 23.8 Å². The van der Waals surface area contributed by atoms with E-state index < -0.39 is 49.4 Å². The van der Waals surface area contributed by atoms with E-state index in [0.717, 1.165) is 6.08 Å². The average molecular weight is 421 g/mol. The quantitative estimate of drug-likeness (QED) is 0.204. The van der Waals surface area contributed by atoms with E-state index in [2.05, 4.69) is 6.58 Å². The van der Waals surface area contributed by atoms with Crippen molar-refractivity contribution in [1.29, 1.82) is 5.26 Å². The van der Waals surface area contributed by atoms with Crippen molar-refractivity contribution >= 4 is 12.0 Å². The van der Waals surface area contributed by atoms with E-state index in [1.165, 1.54) is 18.2 Å². The second-order valence-corrected chi connectivity index (χ2v) is 6.53. The first-order chi connectivity index (χ1) is 14.3. The van der Waals surface area contributed by atoms with Crippen LogP contribution < -0.4 is 0 Å². The first-order valence-corrected chi connectivity index (χ1v) is 8.94. The summed E-state index contributed by atoms with van der Waals surface area (Å²) in [5, 5.41) is 57.2. The Hall–Kier alpha value is -2.78. The van der Waals surface area contributed by atoms with E-state index in [4.69, 9.17) is 14.2 Å². The molecule has 1 aliphatic heterocycles. The predicted molar refractivity (Wildman–Crippen MR) is 101 cm³/mol. The highest BCUT2D eigenvalue weighted by molar-refractivity contribution is 5.87. The number of aliphatic hydroxyl groups excluding tert-OH is 4. The Bertz CT molecular complexity index is 799. The van der Waals surface area contributed by atoms with Gasteiger partial charge in [0.15, 0.2) is 12.4 Å². The summed E-state index contributed by atoms with van der Waals surface area (Å²) < 4.78 is 15.5. The van der Waals surface area contributed by atoms with E-state index in [0.29, 0.717) is 5.56 Å². The van der Waals surface area contributed by atoms with Crippen LogP contribution in [-0.4, -0.2) is 81.5 Å². The largest absolute Gasteiger partial charge is 0.508 e. The molecule has 30 heavy (non-hydrogen) atoms. The second-order valence-electron chi connectivity index (χ2n) is 6.53. The number of ether oxygens (including phenoxy) is 3. The Balaban J connectivity index is 1.89. The summed E-state index contributed by atoms with van der Waals surface area (Å²) in [7, 11) is 0. The van der Waals surface area contributed by atoms with Gasteiger partial charge in [-0.3, -0.25) is 0 Å². The minimum Gasteiger partial charge on any atom is -0.508 e. The molecule has 6 atom stereocenters. The molecule has 162 valence electrons. The summed E-state index contributed by atoms with van der Waals surface area (Å²) in [6.07, 6.45) is -6.35. The molecule has 0 radical (unpaired) electrons. The molecule has 10 nitrogen and oxygen atoms in total. The molecule has 1 fully saturated rings. The van der Waals surface area contributed by atoms with Gasteiger partial charge < -0.3 is 39.7 Å². The zero-order valence-electron chi connectivity index (χ0n) is 15.9. The maximum atomic E-state index is 11.8. The molecule has 1 aromatic rings. The number of hydrogen-bond donors (Lipinski definition) is 5. The van der Waals surface area contributed by atoms with Gasteiger partial charge in [-0.25, -0.2) is 4.79 Å². The molecule has 0 bridgehead atoms. The van der Waals surface area contributed by atoms with Crippen LogP contribution in [0.2, 0.25) is 0 Å². The van der Waals surface area contributed by atoms with E-state index in [9.17, 15) is 35.6 Å². The van der Waals surface area contributed by atoms with E-state index in [-0.39, 0.29) is 17.9 Å². The van der Waals surface area contributed by atoms with Crippen LogP contribution in [0, 0.1) is 11.3 Å². The van der Waals surface area contributed by atoms with Crippen LogP contribution >= 0.6 is 0 Å². The van der Waals surface area contributed by atoms with Crippen molar-refractivity contribution in [2.75, 3.05) is 13.2 Å². The van der Waals surface area contributed by atoms with Gasteiger partial charge >= 0.3 is 5.97 Å². The Morgan fingerprint density at radius 2 is 1.90 bits per heavy atom. The van der Waals surface area contributed by atoms with Crippen LogP contribution in [0.3, 0.4) is 0 Å². The average Bonchev–Trinajstić information content (AvgIpc) is 2.75. The normalized spacial score (nSPS) is 27.4. The topological polar surface area (TPSA) is 170 Å². The number of rotatable bonds is 8. The lowest BCUT2D eigenvalue weighted by Crippen LogP contribution is -2.59. The van der Waals surface area contributed by atoms with Gasteiger partial charge in [-0.2, -0.15) is 5.26 Å². The molecule has 0 spiro atoms. The van der Waals surface area contributed by atoms with Gasteiger partial charge in [0.1, 0.15) is 36.8 Å². The van der Waals surface area contributed by atoms with Crippen molar-refractivity contribution in [2.24, 2.45) is 0 Å². The molecule has 0 aliphatic carbocycles. The van der Waals surface area contributed by atoms with Gasteiger partial charge in [0.25, 0.3) is 0 Å². The summed E-state index contributed by atoms with van der Waals surface area (Å²) in [5.74, 6) is -0.623. The van der Waals surface area contributed by atoms with Crippen molar-refractivity contribution in [3.05, 3.63) is 48.1 Å². The van der Waals surface area contributed by atoms with Crippen LogP contribution in [0.5, 0.6) is 5.75 Å². The van der Waals surface area contributed by atoms with Gasteiger partial charge in [-0.1, -0.05) is 18.7 Å². The SMILES string of the molecule is C=C(COC(=O)C=Cc1ccc(O)cc1)C(C#N)OC1OC(CO)C(O)C(O)C1O. The molecule has 1 aliphatic rings. The monoisotopic (exact) mass is 421 g/mol. The van der Waals surface area contributed by atoms with Gasteiger partial charge in [0, 0.05) is 11.6 Å². The molecule has 10 heteroatoms. The molecular weight excluding hydrogens is 398 g/mol. The Morgan fingerprint density at radius 1 is 1.23 bits per heavy atom. The number of aromatic hydroxyl groups is 1. The molecule has 6 unspecified atom stereocenters. The molecule has 1 aromatic carbocycles. The summed E-state index contributed by atoms with van der Waals surface area (Å²) in [6, 6.07) is 7.87. The number of phenolic OH excluding ortho intramolecular Hbond substituents is 1. The van der Waals surface area contributed by atoms with Crippen LogP contribution in [0.1, 0.15) is 5.56 Å². The van der Waals surface area contributed by atoms with Gasteiger partial charge in [0.2, 0.25) is 0 Å². The lowest BCUT2D eigenvalue weighted by atomic mass is 9.99. The van der Waals surface area contributed by atoms with Crippen molar-refractivity contribution in [3.63, 3.8) is 0 Å². The lowest BCUT2D eigenvalue weighted by molar-refractivity contribution is -0.304. The van der Waals surface area contributed by atoms with Crippen molar-refractivity contribution in [2.45, 2.75) is 36.8 Å². The fourth-order valence-electron chi connectivity index (χ4n) is 2.57. The summed E-state index contributed by atoms with van der Waals surface area (Å²) in [4.78, 5) is 11.8. The minimum absolute atomic E-state index is 0.0424. The zero-order valence-corrected chi connectivity index (χ0v) is 15.9. The first kappa shape index (κ1) is 23.5. The standard InChI is InChI=1S/C20H23NO9/c1-11(10-28-16(24)7-4-12-2-5-13(23)6-3-12)14(8-21)29-20-19(27)18(26)17(25)15(9-22)30-20/h2-7,14-15,17-20,22-23,25-27H,1,9-10H2. The number of hydrogen-bond acceptors (Lipinski definition) is 10. The second kappa shape index (κ2) is 10.8. The first-order valence-electron chi connectivity index (χ1n) is 8.94. The number of phenols is 1. The smallest absolute Gasteiger partial charge is 0.331 e. The zero-order chi connectivity index (χ0) is 22.3. The van der Waals surface area contributed by atoms with Crippen LogP contribution in [-0.2, 0) is 19.0 Å². The lowest BCUT2D eigenvalue weighted by Gasteiger charge is -2.40. The predicted octanol–water partition coefficient (Wildman–Crippen LogP) is -0.787. The van der Waals surface area contributed by atoms with Gasteiger partial charge in [0.05, 0.1) is 12.7 Å². The Labute approximate surface area is 172 Å². The van der Waals surface area contributed by atoms with E-state index >= 15 is 0 Å². The number of carbonyl (C=O) groups is 1. The van der Waals surface area contributed by atoms with Crippen molar-refractivity contribution in [3.8, 4) is 11.8 Å². The van der Waals surface area contributed by atoms with Crippen molar-refractivity contribution in [1.82, 2.24) is 0 Å². The molecule has 2 rings (SSSR count). The van der Waals surface area contributed by atoms with Crippen LogP contribution in [0.4, 0.5) is 0 Å². The highest BCUT2D eigenvalue weighted by Crippen LogP contribution is 2.24. The van der Waals surface area contributed by atoms with E-state index in [1.807, 2.05) is 0 Å². The maximum Gasteiger partial charge on any atom is 0.331 e. The summed E-state index contributed by atoms with van der Waals surface area (Å²) in [6.45, 7) is 2.60. The van der Waals surface area contributed by atoms with Crippen LogP contribution in [0.15, 0.2) is 42.5 Å². The number of nitrogens with zero attached hydrogens (tertiary/aromatic N) is 1. The molecule has 0 aromatic heterocycles. The Kier molecular flexibility index (Phi) is 8.49. The molecule has 1 heterocycles. The van der Waals surface area contributed by atoms with Gasteiger partial charge in [-0.15, -0.1) is 0 Å². The number of esters is 1. The fourth-order valence-corrected chi connectivity index (χ4v) is 2.57. The maximum absolute atomic E-state index is 11.8. The number of carbonyl (C=O) groups excluding carboxylic acids is 1. The minimum atomic E-state index is -1.68. The third-order valence-electron chi connectivity index (χ3n) is 4.31. The van der Waals surface area contributed by atoms with Crippen LogP contribution in [0.25, 0.3) is 6.08 Å². The number of nitriles is 1. The molecule has 0 saturated carbocycles. The summed E-state index contributed by atoms with van der Waals surface area (Å²) in [5.41, 5.74) is 0.699. The molecule has 1 saturated heterocycles. The molecule has 0 amide bonds. The third-order valence-corrected chi connectivity index (χ3v) is 4.31.